The van der Waals surface area contributed by atoms with Crippen LogP contribution in [0.15, 0.2) is 30.6 Å². The van der Waals surface area contributed by atoms with E-state index in [0.717, 1.165) is 6.20 Å². The van der Waals surface area contributed by atoms with Crippen LogP contribution in [-0.4, -0.2) is 14.7 Å². The van der Waals surface area contributed by atoms with Gasteiger partial charge in [-0.3, -0.25) is 14.8 Å². The minimum absolute atomic E-state index is 0.0610. The van der Waals surface area contributed by atoms with Crippen molar-refractivity contribution in [1.82, 2.24) is 9.78 Å². The number of halogens is 1. The van der Waals surface area contributed by atoms with Crippen molar-refractivity contribution in [1.29, 1.82) is 5.26 Å². The highest BCUT2D eigenvalue weighted by Gasteiger charge is 2.09. The van der Waals surface area contributed by atoms with E-state index < -0.39 is 10.7 Å². The molecule has 0 spiro atoms. The predicted molar refractivity (Wildman–Crippen MR) is 59.1 cm³/mol. The van der Waals surface area contributed by atoms with Crippen LogP contribution in [0.5, 0.6) is 0 Å². The Balaban J connectivity index is 2.23. The molecular weight excluding hydrogens is 239 g/mol. The number of aromatic nitrogens is 2. The van der Waals surface area contributed by atoms with Crippen molar-refractivity contribution in [2.45, 2.75) is 6.54 Å². The van der Waals surface area contributed by atoms with Crippen molar-refractivity contribution in [2.75, 3.05) is 0 Å². The highest BCUT2D eigenvalue weighted by molar-refractivity contribution is 5.34. The number of hydrogen-bond donors (Lipinski definition) is 0. The van der Waals surface area contributed by atoms with Gasteiger partial charge in [-0.05, 0) is 17.7 Å². The molecule has 0 fully saturated rings. The molecule has 0 radical (unpaired) electrons. The molecule has 0 atom stereocenters. The van der Waals surface area contributed by atoms with Gasteiger partial charge in [-0.1, -0.05) is 6.07 Å². The average Bonchev–Trinajstić information content (AvgIpc) is 2.80. The number of nitro groups is 1. The number of hydrogen-bond acceptors (Lipinski definition) is 4. The molecule has 0 saturated carbocycles. The Bertz CT molecular complexity index is 645. The lowest BCUT2D eigenvalue weighted by atomic mass is 10.1. The van der Waals surface area contributed by atoms with E-state index in [4.69, 9.17) is 5.26 Å². The predicted octanol–water partition coefficient (Wildman–Crippen LogP) is 1.85. The number of rotatable bonds is 3. The number of benzene rings is 1. The lowest BCUT2D eigenvalue weighted by Crippen LogP contribution is -2.00. The van der Waals surface area contributed by atoms with E-state index in [-0.39, 0.29) is 17.8 Å². The Kier molecular flexibility index (Phi) is 3.02. The number of nitriles is 1. The summed E-state index contributed by atoms with van der Waals surface area (Å²) in [6, 6.07) is 5.81. The first-order chi connectivity index (χ1) is 8.60. The lowest BCUT2D eigenvalue weighted by molar-refractivity contribution is -0.385. The Morgan fingerprint density at radius 3 is 2.94 bits per heavy atom. The molecule has 2 rings (SSSR count). The van der Waals surface area contributed by atoms with Gasteiger partial charge in [0.2, 0.25) is 0 Å². The van der Waals surface area contributed by atoms with Gasteiger partial charge in [-0.25, -0.2) is 4.39 Å². The van der Waals surface area contributed by atoms with E-state index in [1.165, 1.54) is 29.1 Å². The van der Waals surface area contributed by atoms with Crippen molar-refractivity contribution >= 4 is 5.69 Å². The third-order valence-corrected chi connectivity index (χ3v) is 2.33. The lowest BCUT2D eigenvalue weighted by Gasteiger charge is -2.02. The molecule has 1 heterocycles. The summed E-state index contributed by atoms with van der Waals surface area (Å²) in [4.78, 5) is 9.92. The van der Waals surface area contributed by atoms with Crippen LogP contribution in [0.25, 0.3) is 0 Å². The first-order valence-electron chi connectivity index (χ1n) is 4.95. The van der Waals surface area contributed by atoms with Crippen LogP contribution in [0.4, 0.5) is 10.1 Å². The smallest absolute Gasteiger partial charge is 0.261 e. The second-order valence-electron chi connectivity index (χ2n) is 3.58. The molecule has 90 valence electrons. The van der Waals surface area contributed by atoms with E-state index in [0.29, 0.717) is 5.56 Å². The zero-order valence-electron chi connectivity index (χ0n) is 9.08. The molecule has 0 aliphatic rings. The first kappa shape index (κ1) is 11.7. The van der Waals surface area contributed by atoms with Crippen molar-refractivity contribution in [3.8, 4) is 6.07 Å². The van der Waals surface area contributed by atoms with Gasteiger partial charge in [-0.2, -0.15) is 10.4 Å². The fraction of sp³-hybridized carbons (Fsp3) is 0.0909. The summed E-state index contributed by atoms with van der Waals surface area (Å²) >= 11 is 0. The average molecular weight is 246 g/mol. The van der Waals surface area contributed by atoms with Gasteiger partial charge < -0.3 is 0 Å². The minimum atomic E-state index is -0.590. The SMILES string of the molecule is N#Cc1cc(Cn2cc([N+](=O)[O-])cn2)ccc1F. The number of nitrogens with zero attached hydrogens (tertiary/aromatic N) is 4. The van der Waals surface area contributed by atoms with Crippen LogP contribution in [0.2, 0.25) is 0 Å². The molecule has 0 bridgehead atoms. The summed E-state index contributed by atoms with van der Waals surface area (Å²) in [5.74, 6) is -0.590. The second kappa shape index (κ2) is 4.63. The molecule has 6 nitrogen and oxygen atoms in total. The van der Waals surface area contributed by atoms with Gasteiger partial charge >= 0.3 is 5.69 Å². The van der Waals surface area contributed by atoms with Crippen LogP contribution in [0.1, 0.15) is 11.1 Å². The Morgan fingerprint density at radius 2 is 2.33 bits per heavy atom. The zero-order chi connectivity index (χ0) is 13.1. The molecule has 18 heavy (non-hydrogen) atoms. The van der Waals surface area contributed by atoms with E-state index in [2.05, 4.69) is 5.10 Å². The van der Waals surface area contributed by atoms with Gasteiger partial charge in [0, 0.05) is 0 Å². The first-order valence-corrected chi connectivity index (χ1v) is 4.95. The van der Waals surface area contributed by atoms with Crippen LogP contribution in [0, 0.1) is 27.3 Å². The monoisotopic (exact) mass is 246 g/mol. The van der Waals surface area contributed by atoms with Gasteiger partial charge in [0.25, 0.3) is 0 Å². The Morgan fingerprint density at radius 1 is 1.56 bits per heavy atom. The summed E-state index contributed by atoms with van der Waals surface area (Å²) in [5, 5.41) is 23.0. The fourth-order valence-electron chi connectivity index (χ4n) is 1.48. The molecule has 7 heteroatoms. The molecule has 0 saturated heterocycles. The molecule has 1 aromatic heterocycles. The summed E-state index contributed by atoms with van der Waals surface area (Å²) in [5.41, 5.74) is 0.470. The van der Waals surface area contributed by atoms with E-state index in [1.807, 2.05) is 0 Å². The Hall–Kier alpha value is -2.75. The molecule has 1 aromatic carbocycles. The highest BCUT2D eigenvalue weighted by Crippen LogP contribution is 2.13. The molecule has 2 aromatic rings. The highest BCUT2D eigenvalue weighted by atomic mass is 19.1. The van der Waals surface area contributed by atoms with Crippen LogP contribution in [0.3, 0.4) is 0 Å². The maximum atomic E-state index is 13.1. The minimum Gasteiger partial charge on any atom is -0.261 e. The summed E-state index contributed by atoms with van der Waals surface area (Å²) in [6.07, 6.45) is 2.41. The van der Waals surface area contributed by atoms with Crippen LogP contribution < -0.4 is 0 Å². The summed E-state index contributed by atoms with van der Waals surface area (Å²) < 4.78 is 14.4. The molecule has 0 unspecified atom stereocenters. The maximum absolute atomic E-state index is 13.1. The Labute approximate surface area is 101 Å². The molecule has 0 aliphatic carbocycles. The van der Waals surface area contributed by atoms with E-state index in [9.17, 15) is 14.5 Å². The summed E-state index contributed by atoms with van der Waals surface area (Å²) in [6.45, 7) is 0.239. The quantitative estimate of drug-likeness (QED) is 0.611. The van der Waals surface area contributed by atoms with Crippen LogP contribution >= 0.6 is 0 Å². The van der Waals surface area contributed by atoms with Crippen LogP contribution in [-0.2, 0) is 6.54 Å². The molecule has 0 amide bonds. The normalized spacial score (nSPS) is 10.0. The van der Waals surface area contributed by atoms with Crippen molar-refractivity contribution in [3.05, 3.63) is 57.7 Å². The third-order valence-electron chi connectivity index (χ3n) is 2.33. The largest absolute Gasteiger partial charge is 0.307 e. The van der Waals surface area contributed by atoms with Gasteiger partial charge in [0.05, 0.1) is 17.0 Å². The van der Waals surface area contributed by atoms with Gasteiger partial charge in [0.15, 0.2) is 0 Å². The zero-order valence-corrected chi connectivity index (χ0v) is 9.08. The standard InChI is InChI=1S/C11H7FN4O2/c12-11-2-1-8(3-9(11)4-13)6-15-7-10(5-14-15)16(17)18/h1-3,5,7H,6H2. The fourth-order valence-corrected chi connectivity index (χ4v) is 1.48. The summed E-state index contributed by atoms with van der Waals surface area (Å²) in [7, 11) is 0. The van der Waals surface area contributed by atoms with Gasteiger partial charge in [-0.15, -0.1) is 0 Å². The molecular formula is C11H7FN4O2. The van der Waals surface area contributed by atoms with E-state index >= 15 is 0 Å². The molecule has 0 N–H and O–H groups in total. The molecule has 0 aliphatic heterocycles. The van der Waals surface area contributed by atoms with Gasteiger partial charge in [0.1, 0.15) is 24.3 Å². The van der Waals surface area contributed by atoms with Crippen molar-refractivity contribution < 1.29 is 9.31 Å². The maximum Gasteiger partial charge on any atom is 0.307 e. The second-order valence-corrected chi connectivity index (χ2v) is 3.58. The van der Waals surface area contributed by atoms with Crippen molar-refractivity contribution in [2.24, 2.45) is 0 Å². The van der Waals surface area contributed by atoms with E-state index in [1.54, 1.807) is 6.07 Å². The third kappa shape index (κ3) is 2.32. The topological polar surface area (TPSA) is 84.8 Å². The van der Waals surface area contributed by atoms with Crippen molar-refractivity contribution in [3.63, 3.8) is 0 Å².